The summed E-state index contributed by atoms with van der Waals surface area (Å²) >= 11 is 10.9. The molecule has 0 radical (unpaired) electrons. The van der Waals surface area contributed by atoms with Gasteiger partial charge in [-0.25, -0.2) is 0 Å². The van der Waals surface area contributed by atoms with E-state index in [4.69, 9.17) is 39.0 Å². The van der Waals surface area contributed by atoms with Crippen LogP contribution in [0.4, 0.5) is 0 Å². The summed E-state index contributed by atoms with van der Waals surface area (Å²) < 4.78 is 10.8. The monoisotopic (exact) mass is 271 g/mol. The molecule has 0 aliphatic heterocycles. The molecule has 0 atom stereocenters. The van der Waals surface area contributed by atoms with Crippen LogP contribution in [0.2, 0.25) is 5.02 Å². The van der Waals surface area contributed by atoms with E-state index in [1.807, 2.05) is 0 Å². The molecule has 0 unspecified atom stereocenters. The predicted octanol–water partition coefficient (Wildman–Crippen LogP) is 2.74. The van der Waals surface area contributed by atoms with Gasteiger partial charge in [0.25, 0.3) is 0 Å². The van der Waals surface area contributed by atoms with Gasteiger partial charge in [-0.05, 0) is 37.0 Å². The smallest absolute Gasteiger partial charge is 0.189 e. The molecule has 1 aliphatic carbocycles. The van der Waals surface area contributed by atoms with Crippen LogP contribution in [0.15, 0.2) is 18.2 Å². The van der Waals surface area contributed by atoms with E-state index in [0.29, 0.717) is 16.3 Å². The van der Waals surface area contributed by atoms with Gasteiger partial charge in [-0.1, -0.05) is 23.8 Å². The molecular formula is C12H14ClNO2S. The van der Waals surface area contributed by atoms with Gasteiger partial charge in [-0.15, -0.1) is 0 Å². The molecule has 0 heterocycles. The Balaban J connectivity index is 1.83. The highest BCUT2D eigenvalue weighted by Crippen LogP contribution is 2.29. The third-order valence-corrected chi connectivity index (χ3v) is 3.10. The number of nitrogens with two attached hydrogens (primary N) is 1. The Kier molecular flexibility index (Phi) is 4.20. The van der Waals surface area contributed by atoms with Crippen LogP contribution in [0, 0.1) is 5.92 Å². The maximum Gasteiger partial charge on any atom is 0.189 e. The molecule has 1 aliphatic rings. The summed E-state index contributed by atoms with van der Waals surface area (Å²) in [5.74, 6) is 1.39. The summed E-state index contributed by atoms with van der Waals surface area (Å²) in [5.41, 5.74) is 6.17. The number of rotatable bonds is 6. The largest absolute Gasteiger partial charge is 0.468 e. The van der Waals surface area contributed by atoms with Crippen molar-refractivity contribution in [1.82, 2.24) is 0 Å². The van der Waals surface area contributed by atoms with Gasteiger partial charge in [0, 0.05) is 5.56 Å². The Hall–Kier alpha value is -0.840. The van der Waals surface area contributed by atoms with Crippen LogP contribution >= 0.6 is 23.8 Å². The molecule has 1 fully saturated rings. The maximum absolute atomic E-state index is 6.01. The van der Waals surface area contributed by atoms with E-state index in [0.717, 1.165) is 12.5 Å². The van der Waals surface area contributed by atoms with E-state index < -0.39 is 0 Å². The molecule has 3 nitrogen and oxygen atoms in total. The minimum atomic E-state index is 0.249. The summed E-state index contributed by atoms with van der Waals surface area (Å²) in [5, 5.41) is 0.497. The second kappa shape index (κ2) is 5.67. The lowest BCUT2D eigenvalue weighted by Gasteiger charge is -2.08. The van der Waals surface area contributed by atoms with Gasteiger partial charge < -0.3 is 15.2 Å². The normalized spacial score (nSPS) is 14.6. The van der Waals surface area contributed by atoms with Gasteiger partial charge in [0.2, 0.25) is 0 Å². The Bertz CT molecular complexity index is 421. The van der Waals surface area contributed by atoms with Crippen LogP contribution in [-0.4, -0.2) is 18.4 Å². The standard InChI is InChI=1S/C12H14ClNO2S/c13-11-5-9(3-4-10(11)12(14)17)16-7-15-6-8-1-2-8/h3-5,8H,1-2,6-7H2,(H2,14,17). The molecule has 0 aromatic heterocycles. The third-order valence-electron chi connectivity index (χ3n) is 2.57. The van der Waals surface area contributed by atoms with Crippen LogP contribution in [0.3, 0.4) is 0 Å². The number of halogens is 1. The molecule has 0 bridgehead atoms. The fourth-order valence-corrected chi connectivity index (χ4v) is 1.90. The SMILES string of the molecule is NC(=S)c1ccc(OCOCC2CC2)cc1Cl. The van der Waals surface area contributed by atoms with Crippen LogP contribution < -0.4 is 10.5 Å². The lowest BCUT2D eigenvalue weighted by molar-refractivity contribution is 0.00999. The van der Waals surface area contributed by atoms with Gasteiger partial charge in [0.1, 0.15) is 10.7 Å². The van der Waals surface area contributed by atoms with Gasteiger partial charge in [-0.2, -0.15) is 0 Å². The molecule has 5 heteroatoms. The predicted molar refractivity (Wildman–Crippen MR) is 71.5 cm³/mol. The van der Waals surface area contributed by atoms with Crippen molar-refractivity contribution in [2.75, 3.05) is 13.4 Å². The molecule has 1 aromatic carbocycles. The van der Waals surface area contributed by atoms with Crippen molar-refractivity contribution in [2.45, 2.75) is 12.8 Å². The molecule has 0 saturated heterocycles. The zero-order valence-electron chi connectivity index (χ0n) is 9.32. The second-order valence-electron chi connectivity index (χ2n) is 4.08. The molecule has 17 heavy (non-hydrogen) atoms. The van der Waals surface area contributed by atoms with E-state index in [1.54, 1.807) is 18.2 Å². The van der Waals surface area contributed by atoms with Crippen molar-refractivity contribution in [3.8, 4) is 5.75 Å². The first-order valence-electron chi connectivity index (χ1n) is 5.46. The van der Waals surface area contributed by atoms with Gasteiger partial charge in [-0.3, -0.25) is 0 Å². The molecule has 2 N–H and O–H groups in total. The molecule has 0 spiro atoms. The Morgan fingerprint density at radius 1 is 1.47 bits per heavy atom. The zero-order chi connectivity index (χ0) is 12.3. The maximum atomic E-state index is 6.01. The van der Waals surface area contributed by atoms with Crippen LogP contribution in [0.25, 0.3) is 0 Å². The molecule has 92 valence electrons. The van der Waals surface area contributed by atoms with Gasteiger partial charge in [0.15, 0.2) is 6.79 Å². The molecule has 1 aromatic rings. The fourth-order valence-electron chi connectivity index (χ4n) is 1.39. The highest BCUT2D eigenvalue weighted by atomic mass is 35.5. The van der Waals surface area contributed by atoms with Crippen molar-refractivity contribution >= 4 is 28.8 Å². The lowest BCUT2D eigenvalue weighted by Crippen LogP contribution is -2.10. The Morgan fingerprint density at radius 3 is 2.82 bits per heavy atom. The summed E-state index contributed by atoms with van der Waals surface area (Å²) in [6.07, 6.45) is 2.54. The molecule has 2 rings (SSSR count). The third kappa shape index (κ3) is 3.84. The topological polar surface area (TPSA) is 44.5 Å². The minimum absolute atomic E-state index is 0.249. The molecule has 1 saturated carbocycles. The summed E-state index contributed by atoms with van der Waals surface area (Å²) in [7, 11) is 0. The fraction of sp³-hybridized carbons (Fsp3) is 0.417. The Labute approximate surface area is 111 Å². The van der Waals surface area contributed by atoms with E-state index in [2.05, 4.69) is 0 Å². The van der Waals surface area contributed by atoms with E-state index in [1.165, 1.54) is 12.8 Å². The van der Waals surface area contributed by atoms with Crippen LogP contribution in [-0.2, 0) is 4.74 Å². The summed E-state index contributed by atoms with van der Waals surface area (Å²) in [6.45, 7) is 1.03. The van der Waals surface area contributed by atoms with Crippen molar-refractivity contribution in [3.63, 3.8) is 0 Å². The summed E-state index contributed by atoms with van der Waals surface area (Å²) in [6, 6.07) is 5.22. The number of hydrogen-bond donors (Lipinski definition) is 1. The lowest BCUT2D eigenvalue weighted by atomic mass is 10.2. The average Bonchev–Trinajstić information content (AvgIpc) is 3.08. The van der Waals surface area contributed by atoms with Crippen molar-refractivity contribution < 1.29 is 9.47 Å². The minimum Gasteiger partial charge on any atom is -0.468 e. The average molecular weight is 272 g/mol. The summed E-state index contributed by atoms with van der Waals surface area (Å²) in [4.78, 5) is 0.284. The highest BCUT2D eigenvalue weighted by molar-refractivity contribution is 7.80. The second-order valence-corrected chi connectivity index (χ2v) is 4.93. The molecule has 0 amide bonds. The van der Waals surface area contributed by atoms with Gasteiger partial charge >= 0.3 is 0 Å². The van der Waals surface area contributed by atoms with E-state index in [-0.39, 0.29) is 11.8 Å². The van der Waals surface area contributed by atoms with Gasteiger partial charge in [0.05, 0.1) is 11.6 Å². The van der Waals surface area contributed by atoms with Crippen LogP contribution in [0.1, 0.15) is 18.4 Å². The number of hydrogen-bond acceptors (Lipinski definition) is 3. The first kappa shape index (κ1) is 12.6. The first-order valence-corrected chi connectivity index (χ1v) is 6.25. The van der Waals surface area contributed by atoms with E-state index in [9.17, 15) is 0 Å². The zero-order valence-corrected chi connectivity index (χ0v) is 10.9. The van der Waals surface area contributed by atoms with Crippen molar-refractivity contribution in [3.05, 3.63) is 28.8 Å². The number of thiocarbonyl (C=S) groups is 1. The highest BCUT2D eigenvalue weighted by Gasteiger charge is 2.21. The number of benzene rings is 1. The van der Waals surface area contributed by atoms with E-state index >= 15 is 0 Å². The van der Waals surface area contributed by atoms with Crippen molar-refractivity contribution in [2.24, 2.45) is 11.7 Å². The molecular weight excluding hydrogens is 258 g/mol. The Morgan fingerprint density at radius 2 is 2.24 bits per heavy atom. The first-order chi connectivity index (χ1) is 8.16. The van der Waals surface area contributed by atoms with Crippen molar-refractivity contribution in [1.29, 1.82) is 0 Å². The number of ether oxygens (including phenoxy) is 2. The quantitative estimate of drug-likeness (QED) is 0.491. The van der Waals surface area contributed by atoms with Crippen LogP contribution in [0.5, 0.6) is 5.75 Å².